The summed E-state index contributed by atoms with van der Waals surface area (Å²) in [5.41, 5.74) is 0. The van der Waals surface area contributed by atoms with E-state index in [-0.39, 0.29) is 17.6 Å². The molecule has 0 amide bonds. The van der Waals surface area contributed by atoms with E-state index < -0.39 is 16.1 Å². The van der Waals surface area contributed by atoms with Gasteiger partial charge < -0.3 is 0 Å². The molecule has 1 unspecified atom stereocenters. The molecule has 1 fully saturated rings. The summed E-state index contributed by atoms with van der Waals surface area (Å²) < 4.78 is 26.1. The first-order valence-electron chi connectivity index (χ1n) is 6.34. The number of sulfonamides is 1. The van der Waals surface area contributed by atoms with Gasteiger partial charge in [-0.25, -0.2) is 8.42 Å². The molecular weight excluding hydrogens is 236 g/mol. The monoisotopic (exact) mass is 258 g/mol. The van der Waals surface area contributed by atoms with Crippen LogP contribution in [0.3, 0.4) is 0 Å². The molecule has 1 N–H and O–H groups in total. The van der Waals surface area contributed by atoms with E-state index in [9.17, 15) is 8.42 Å². The Bertz CT molecular complexity index is 364. The van der Waals surface area contributed by atoms with Crippen molar-refractivity contribution in [2.45, 2.75) is 52.0 Å². The van der Waals surface area contributed by atoms with Gasteiger partial charge in [-0.1, -0.05) is 33.1 Å². The Morgan fingerprint density at radius 3 is 2.35 bits per heavy atom. The maximum absolute atomic E-state index is 11.8. The van der Waals surface area contributed by atoms with E-state index in [0.717, 1.165) is 25.7 Å². The zero-order valence-electron chi connectivity index (χ0n) is 10.6. The topological polar surface area (TPSA) is 70.0 Å². The summed E-state index contributed by atoms with van der Waals surface area (Å²) in [6, 6.07) is 1.57. The van der Waals surface area contributed by atoms with Crippen molar-refractivity contribution in [3.63, 3.8) is 0 Å². The average Bonchev–Trinajstić information content (AvgIpc) is 2.25. The molecule has 0 spiro atoms. The summed E-state index contributed by atoms with van der Waals surface area (Å²) >= 11 is 0. The second-order valence-corrected chi connectivity index (χ2v) is 7.10. The first kappa shape index (κ1) is 14.5. The fourth-order valence-electron chi connectivity index (χ4n) is 2.38. The molecule has 0 radical (unpaired) electrons. The van der Waals surface area contributed by atoms with E-state index in [1.807, 2.05) is 13.8 Å². The van der Waals surface area contributed by atoms with Gasteiger partial charge in [0.15, 0.2) is 0 Å². The van der Waals surface area contributed by atoms with Crippen molar-refractivity contribution in [1.82, 2.24) is 4.72 Å². The summed E-state index contributed by atoms with van der Waals surface area (Å²) in [6.07, 6.45) is 5.34. The number of rotatable bonds is 5. The molecular formula is C12H22N2O2S. The molecule has 0 heterocycles. The molecule has 1 aliphatic rings. The third-order valence-electron chi connectivity index (χ3n) is 3.12. The Hall–Kier alpha value is -0.600. The number of nitrogens with zero attached hydrogens (tertiary/aromatic N) is 1. The van der Waals surface area contributed by atoms with Crippen LogP contribution in [-0.4, -0.2) is 20.2 Å². The van der Waals surface area contributed by atoms with Crippen LogP contribution >= 0.6 is 0 Å². The molecule has 5 heteroatoms. The highest BCUT2D eigenvalue weighted by molar-refractivity contribution is 7.89. The molecule has 0 bridgehead atoms. The average molecular weight is 258 g/mol. The van der Waals surface area contributed by atoms with Crippen LogP contribution in [0.5, 0.6) is 0 Å². The normalized spacial score (nSPS) is 20.1. The van der Waals surface area contributed by atoms with Gasteiger partial charge in [0.2, 0.25) is 10.0 Å². The predicted octanol–water partition coefficient (Wildman–Crippen LogP) is 2.03. The van der Waals surface area contributed by atoms with Crippen LogP contribution in [0.2, 0.25) is 0 Å². The van der Waals surface area contributed by atoms with Crippen molar-refractivity contribution in [3.05, 3.63) is 0 Å². The molecule has 1 atom stereocenters. The van der Waals surface area contributed by atoms with Gasteiger partial charge in [0.1, 0.15) is 6.04 Å². The minimum absolute atomic E-state index is 0.0817. The molecule has 0 aliphatic heterocycles. The van der Waals surface area contributed by atoms with E-state index in [4.69, 9.17) is 5.26 Å². The number of hydrogen-bond acceptors (Lipinski definition) is 3. The first-order valence-corrected chi connectivity index (χ1v) is 7.99. The third kappa shape index (κ3) is 5.05. The highest BCUT2D eigenvalue weighted by Crippen LogP contribution is 2.26. The van der Waals surface area contributed by atoms with Crippen LogP contribution in [0.15, 0.2) is 0 Å². The lowest BCUT2D eigenvalue weighted by atomic mass is 9.85. The van der Waals surface area contributed by atoms with Crippen molar-refractivity contribution >= 4 is 10.0 Å². The standard InChI is InChI=1S/C12H22N2O2S/c1-10(2)9-17(15,16)14-12(8-13)11-6-4-3-5-7-11/h10-12,14H,3-7,9H2,1-2H3. The van der Waals surface area contributed by atoms with E-state index in [1.165, 1.54) is 6.42 Å². The van der Waals surface area contributed by atoms with Gasteiger partial charge in [0.05, 0.1) is 11.8 Å². The van der Waals surface area contributed by atoms with Crippen molar-refractivity contribution in [2.24, 2.45) is 11.8 Å². The molecule has 1 rings (SSSR count). The lowest BCUT2D eigenvalue weighted by molar-refractivity contribution is 0.323. The minimum atomic E-state index is -3.31. The van der Waals surface area contributed by atoms with Gasteiger partial charge in [-0.3, -0.25) is 0 Å². The van der Waals surface area contributed by atoms with Gasteiger partial charge in [0.25, 0.3) is 0 Å². The van der Waals surface area contributed by atoms with Gasteiger partial charge in [-0.2, -0.15) is 9.98 Å². The van der Waals surface area contributed by atoms with E-state index in [0.29, 0.717) is 0 Å². The second-order valence-electron chi connectivity index (χ2n) is 5.30. The van der Waals surface area contributed by atoms with E-state index in [2.05, 4.69) is 10.8 Å². The van der Waals surface area contributed by atoms with Crippen LogP contribution in [0.1, 0.15) is 46.0 Å². The number of nitriles is 1. The summed E-state index contributed by atoms with van der Waals surface area (Å²) in [7, 11) is -3.31. The maximum Gasteiger partial charge on any atom is 0.213 e. The van der Waals surface area contributed by atoms with Crippen LogP contribution < -0.4 is 4.72 Å². The largest absolute Gasteiger partial charge is 0.213 e. The molecule has 0 saturated heterocycles. The summed E-state index contributed by atoms with van der Waals surface area (Å²) in [5.74, 6) is 0.367. The Labute approximate surface area is 104 Å². The van der Waals surface area contributed by atoms with Crippen LogP contribution in [0.25, 0.3) is 0 Å². The van der Waals surface area contributed by atoms with Crippen LogP contribution in [0, 0.1) is 23.2 Å². The SMILES string of the molecule is CC(C)CS(=O)(=O)NC(C#N)C1CCCCC1. The molecule has 4 nitrogen and oxygen atoms in total. The summed E-state index contributed by atoms with van der Waals surface area (Å²) in [4.78, 5) is 0. The van der Waals surface area contributed by atoms with Gasteiger partial charge >= 0.3 is 0 Å². The van der Waals surface area contributed by atoms with Gasteiger partial charge in [-0.15, -0.1) is 0 Å². The van der Waals surface area contributed by atoms with Crippen molar-refractivity contribution in [2.75, 3.05) is 5.75 Å². The molecule has 1 saturated carbocycles. The summed E-state index contributed by atoms with van der Waals surface area (Å²) in [6.45, 7) is 3.72. The Morgan fingerprint density at radius 2 is 1.88 bits per heavy atom. The zero-order valence-corrected chi connectivity index (χ0v) is 11.5. The quantitative estimate of drug-likeness (QED) is 0.820. The summed E-state index contributed by atoms with van der Waals surface area (Å²) in [5, 5.41) is 9.10. The third-order valence-corrected chi connectivity index (χ3v) is 4.84. The lowest BCUT2D eigenvalue weighted by Gasteiger charge is -2.26. The van der Waals surface area contributed by atoms with Crippen molar-refractivity contribution in [1.29, 1.82) is 5.26 Å². The Kier molecular flexibility index (Phi) is 5.41. The fraction of sp³-hybridized carbons (Fsp3) is 0.917. The molecule has 1 aliphatic carbocycles. The molecule has 0 aromatic heterocycles. The smallest absolute Gasteiger partial charge is 0.212 e. The molecule has 0 aromatic carbocycles. The van der Waals surface area contributed by atoms with Crippen molar-refractivity contribution in [3.8, 4) is 6.07 Å². The maximum atomic E-state index is 11.8. The van der Waals surface area contributed by atoms with E-state index in [1.54, 1.807) is 0 Å². The van der Waals surface area contributed by atoms with Crippen molar-refractivity contribution < 1.29 is 8.42 Å². The highest BCUT2D eigenvalue weighted by Gasteiger charge is 2.27. The molecule has 17 heavy (non-hydrogen) atoms. The van der Waals surface area contributed by atoms with E-state index >= 15 is 0 Å². The van der Waals surface area contributed by atoms with Crippen LogP contribution in [0.4, 0.5) is 0 Å². The molecule has 98 valence electrons. The Balaban J connectivity index is 2.60. The minimum Gasteiger partial charge on any atom is -0.212 e. The highest BCUT2D eigenvalue weighted by atomic mass is 32.2. The predicted molar refractivity (Wildman–Crippen MR) is 67.7 cm³/mol. The zero-order chi connectivity index (χ0) is 12.9. The second kappa shape index (κ2) is 6.36. The van der Waals surface area contributed by atoms with Gasteiger partial charge in [0, 0.05) is 0 Å². The fourth-order valence-corrected chi connectivity index (χ4v) is 3.98. The lowest BCUT2D eigenvalue weighted by Crippen LogP contribution is -2.41. The number of nitrogens with one attached hydrogen (secondary N) is 1. The number of hydrogen-bond donors (Lipinski definition) is 1. The Morgan fingerprint density at radius 1 is 1.29 bits per heavy atom. The van der Waals surface area contributed by atoms with Gasteiger partial charge in [-0.05, 0) is 24.7 Å². The first-order chi connectivity index (χ1) is 7.94. The van der Waals surface area contributed by atoms with Crippen LogP contribution in [-0.2, 0) is 10.0 Å². The molecule has 0 aromatic rings.